The van der Waals surface area contributed by atoms with Gasteiger partial charge in [0.2, 0.25) is 5.79 Å². The van der Waals surface area contributed by atoms with Crippen LogP contribution in [0.3, 0.4) is 0 Å². The van der Waals surface area contributed by atoms with Gasteiger partial charge in [-0.1, -0.05) is 0 Å². The predicted molar refractivity (Wildman–Crippen MR) is 72.3 cm³/mol. The number of aliphatic hydroxyl groups is 1. The lowest BCUT2D eigenvalue weighted by Crippen LogP contribution is -2.52. The monoisotopic (exact) mass is 294 g/mol. The third-order valence-corrected chi connectivity index (χ3v) is 3.92. The molecule has 0 amide bonds. The molecule has 3 rings (SSSR count). The van der Waals surface area contributed by atoms with Gasteiger partial charge in [0.15, 0.2) is 0 Å². The first-order valence-corrected chi connectivity index (χ1v) is 6.91. The van der Waals surface area contributed by atoms with Crippen LogP contribution in [0.15, 0.2) is 12.1 Å². The second kappa shape index (κ2) is 4.89. The van der Waals surface area contributed by atoms with Crippen LogP contribution >= 0.6 is 0 Å². The quantitative estimate of drug-likeness (QED) is 0.761. The summed E-state index contributed by atoms with van der Waals surface area (Å²) in [4.78, 5) is 12.2. The number of rotatable bonds is 1. The summed E-state index contributed by atoms with van der Waals surface area (Å²) >= 11 is 0. The number of aliphatic hydroxyl groups excluding tert-OH is 1. The van der Waals surface area contributed by atoms with E-state index in [4.69, 9.17) is 14.2 Å². The normalized spacial score (nSPS) is 31.7. The van der Waals surface area contributed by atoms with E-state index >= 15 is 0 Å². The number of esters is 1. The van der Waals surface area contributed by atoms with Gasteiger partial charge < -0.3 is 24.4 Å². The van der Waals surface area contributed by atoms with Crippen molar-refractivity contribution < 1.29 is 29.2 Å². The Morgan fingerprint density at radius 2 is 2.19 bits per heavy atom. The number of phenolic OH excluding ortho intramolecular Hbond substituents is 1. The van der Waals surface area contributed by atoms with Gasteiger partial charge in [0, 0.05) is 18.9 Å². The van der Waals surface area contributed by atoms with Crippen LogP contribution in [0, 0.1) is 0 Å². The Labute approximate surface area is 122 Å². The molecular weight excluding hydrogens is 276 g/mol. The van der Waals surface area contributed by atoms with E-state index < -0.39 is 17.9 Å². The molecule has 2 heterocycles. The number of methoxy groups -OCH3 is 1. The molecule has 3 unspecified atom stereocenters. The molecule has 0 aromatic heterocycles. The number of aromatic hydroxyl groups is 1. The summed E-state index contributed by atoms with van der Waals surface area (Å²) in [6.45, 7) is 1.83. The molecule has 1 aromatic rings. The van der Waals surface area contributed by atoms with E-state index in [0.29, 0.717) is 17.7 Å². The number of benzene rings is 1. The second-order valence-corrected chi connectivity index (χ2v) is 5.68. The zero-order chi connectivity index (χ0) is 15.2. The Balaban J connectivity index is 2.01. The average Bonchev–Trinajstić information content (AvgIpc) is 2.35. The van der Waals surface area contributed by atoms with Crippen molar-refractivity contribution in [1.82, 2.24) is 0 Å². The minimum Gasteiger partial charge on any atom is -0.507 e. The summed E-state index contributed by atoms with van der Waals surface area (Å²) in [5.41, 5.74) is 0.738. The molecule has 1 spiro atoms. The Morgan fingerprint density at radius 1 is 1.43 bits per heavy atom. The van der Waals surface area contributed by atoms with E-state index in [0.717, 1.165) is 0 Å². The van der Waals surface area contributed by atoms with Gasteiger partial charge in [0.1, 0.15) is 17.1 Å². The molecule has 2 aliphatic rings. The van der Waals surface area contributed by atoms with Gasteiger partial charge in [-0.2, -0.15) is 0 Å². The van der Waals surface area contributed by atoms with Crippen molar-refractivity contribution in [3.8, 4) is 11.5 Å². The molecular formula is C15H18O6. The van der Waals surface area contributed by atoms with Crippen molar-refractivity contribution in [2.75, 3.05) is 7.11 Å². The molecule has 1 saturated heterocycles. The van der Waals surface area contributed by atoms with Crippen LogP contribution in [-0.4, -0.2) is 41.3 Å². The molecule has 114 valence electrons. The fourth-order valence-corrected chi connectivity index (χ4v) is 3.16. The van der Waals surface area contributed by atoms with Gasteiger partial charge in [-0.25, -0.2) is 4.79 Å². The average molecular weight is 294 g/mol. The highest BCUT2D eigenvalue weighted by atomic mass is 16.7. The molecule has 1 fully saturated rings. The lowest BCUT2D eigenvalue weighted by atomic mass is 9.89. The van der Waals surface area contributed by atoms with Gasteiger partial charge in [-0.15, -0.1) is 0 Å². The minimum absolute atomic E-state index is 0.137. The summed E-state index contributed by atoms with van der Waals surface area (Å²) in [5, 5.41) is 19.9. The number of phenols is 1. The maximum Gasteiger partial charge on any atom is 0.344 e. The third-order valence-electron chi connectivity index (χ3n) is 3.92. The van der Waals surface area contributed by atoms with Crippen LogP contribution in [0.4, 0.5) is 0 Å². The van der Waals surface area contributed by atoms with Crippen LogP contribution in [0.1, 0.15) is 35.7 Å². The molecule has 1 aromatic carbocycles. The Morgan fingerprint density at radius 3 is 2.86 bits per heavy atom. The predicted octanol–water partition coefficient (Wildman–Crippen LogP) is 1.37. The standard InChI is InChI=1S/C15H18O6/c1-8-3-10(16)7-15(20-8)6-9-4-11(19-2)5-12(17)13(9)14(18)21-15/h4-5,8,10,16-17H,3,6-7H2,1-2H3. The lowest BCUT2D eigenvalue weighted by Gasteiger charge is -2.43. The Kier molecular flexibility index (Phi) is 3.30. The van der Waals surface area contributed by atoms with Crippen molar-refractivity contribution in [3.63, 3.8) is 0 Å². The number of hydrogen-bond donors (Lipinski definition) is 2. The van der Waals surface area contributed by atoms with Crippen LogP contribution in [-0.2, 0) is 15.9 Å². The number of carbonyl (C=O) groups excluding carboxylic acids is 1. The van der Waals surface area contributed by atoms with Gasteiger partial charge in [-0.05, 0) is 25.0 Å². The van der Waals surface area contributed by atoms with E-state index in [-0.39, 0.29) is 30.3 Å². The van der Waals surface area contributed by atoms with E-state index in [1.54, 1.807) is 6.07 Å². The number of hydrogen-bond acceptors (Lipinski definition) is 6. The van der Waals surface area contributed by atoms with Gasteiger partial charge in [0.05, 0.1) is 19.3 Å². The van der Waals surface area contributed by atoms with Crippen molar-refractivity contribution in [1.29, 1.82) is 0 Å². The van der Waals surface area contributed by atoms with Crippen LogP contribution in [0.5, 0.6) is 11.5 Å². The smallest absolute Gasteiger partial charge is 0.344 e. The van der Waals surface area contributed by atoms with Crippen molar-refractivity contribution >= 4 is 5.97 Å². The highest BCUT2D eigenvalue weighted by Crippen LogP contribution is 2.41. The molecule has 0 aliphatic carbocycles. The molecule has 0 radical (unpaired) electrons. The summed E-state index contributed by atoms with van der Waals surface area (Å²) < 4.78 is 16.3. The highest BCUT2D eigenvalue weighted by Gasteiger charge is 2.48. The van der Waals surface area contributed by atoms with Gasteiger partial charge >= 0.3 is 5.97 Å². The molecule has 2 aliphatic heterocycles. The van der Waals surface area contributed by atoms with Crippen LogP contribution in [0.25, 0.3) is 0 Å². The molecule has 2 N–H and O–H groups in total. The van der Waals surface area contributed by atoms with E-state index in [1.807, 2.05) is 6.92 Å². The first kappa shape index (κ1) is 14.2. The fourth-order valence-electron chi connectivity index (χ4n) is 3.16. The first-order valence-electron chi connectivity index (χ1n) is 6.91. The van der Waals surface area contributed by atoms with Crippen molar-refractivity contribution in [2.24, 2.45) is 0 Å². The maximum atomic E-state index is 12.2. The Hall–Kier alpha value is -1.79. The molecule has 21 heavy (non-hydrogen) atoms. The van der Waals surface area contributed by atoms with Gasteiger partial charge in [0.25, 0.3) is 0 Å². The first-order chi connectivity index (χ1) is 9.92. The summed E-state index contributed by atoms with van der Waals surface area (Å²) in [5.74, 6) is -1.52. The molecule has 0 bridgehead atoms. The molecule has 0 saturated carbocycles. The third kappa shape index (κ3) is 2.45. The highest BCUT2D eigenvalue weighted by molar-refractivity contribution is 5.95. The lowest BCUT2D eigenvalue weighted by molar-refractivity contribution is -0.268. The fraction of sp³-hybridized carbons (Fsp3) is 0.533. The molecule has 6 nitrogen and oxygen atoms in total. The van der Waals surface area contributed by atoms with Gasteiger partial charge in [-0.3, -0.25) is 0 Å². The van der Waals surface area contributed by atoms with Crippen molar-refractivity contribution in [2.45, 2.75) is 44.2 Å². The second-order valence-electron chi connectivity index (χ2n) is 5.68. The largest absolute Gasteiger partial charge is 0.507 e. The molecule has 3 atom stereocenters. The van der Waals surface area contributed by atoms with Crippen LogP contribution in [0.2, 0.25) is 0 Å². The van der Waals surface area contributed by atoms with E-state index in [9.17, 15) is 15.0 Å². The van der Waals surface area contributed by atoms with E-state index in [1.165, 1.54) is 13.2 Å². The van der Waals surface area contributed by atoms with E-state index in [2.05, 4.69) is 0 Å². The zero-order valence-electron chi connectivity index (χ0n) is 12.0. The number of ether oxygens (including phenoxy) is 3. The molecule has 6 heteroatoms. The SMILES string of the molecule is COc1cc(O)c2c(c1)CC1(CC(O)CC(C)O1)OC2=O. The summed E-state index contributed by atoms with van der Waals surface area (Å²) in [6.07, 6.45) is 0.223. The maximum absolute atomic E-state index is 12.2. The number of carbonyl (C=O) groups is 1. The topological polar surface area (TPSA) is 85.2 Å². The Bertz CT molecular complexity index is 572. The zero-order valence-corrected chi connectivity index (χ0v) is 12.0. The van der Waals surface area contributed by atoms with Crippen LogP contribution < -0.4 is 4.74 Å². The summed E-state index contributed by atoms with van der Waals surface area (Å²) in [6, 6.07) is 3.06. The summed E-state index contributed by atoms with van der Waals surface area (Å²) in [7, 11) is 1.49. The number of fused-ring (bicyclic) bond motifs is 1. The van der Waals surface area contributed by atoms with Crippen molar-refractivity contribution in [3.05, 3.63) is 23.3 Å². The minimum atomic E-state index is -1.17.